The fourth-order valence-corrected chi connectivity index (χ4v) is 11.5. The van der Waals surface area contributed by atoms with Gasteiger partial charge >= 0.3 is 6.09 Å². The lowest BCUT2D eigenvalue weighted by molar-refractivity contribution is -0.137. The number of carbonyl (C=O) groups excluding carboxylic acids is 3. The fraction of sp³-hybridized carbons (Fsp3) is 0.575. The highest BCUT2D eigenvalue weighted by Crippen LogP contribution is 2.69. The standard InChI is InChI=1S/C40H48N4O7S/c1-24(2)52(48,49)41-35(45)26-10-12-29-32(16-26)44-23-40(36(46)42-19-38-14-15-39(38,20-42)22-43(21-38)37(47)51-4)18-31(40)30-17-27(50-3)11-13-28(30)34(44)33(29)25-8-6-5-7-9-25/h10-13,16-17,24-25,31H,5-9,14-15,18-23H2,1-4H3,(H,41,45)/t31-,38?,39?,40-/m0/s1. The molecule has 11 nitrogen and oxygen atoms in total. The number of fused-ring (bicyclic) bond motifs is 7. The zero-order chi connectivity index (χ0) is 36.4. The summed E-state index contributed by atoms with van der Waals surface area (Å²) in [6.07, 6.45) is 8.06. The number of methoxy groups -OCH3 is 2. The van der Waals surface area contributed by atoms with E-state index in [2.05, 4.69) is 26.3 Å². The SMILES string of the molecule is COC(=O)N1CC23CCC2(C1)CN(C(=O)[C@]12C[C@H]1c1cc(OC)ccc1-c1c(C4CCCCC4)c4ccc(C(=O)NS(=O)(=O)C(C)C)cc4n1C2)C3. The molecule has 3 aliphatic heterocycles. The number of ether oxygens (including phenoxy) is 2. The molecular weight excluding hydrogens is 681 g/mol. The molecule has 1 aromatic heterocycles. The number of sulfonamides is 1. The third-order valence-corrected chi connectivity index (χ3v) is 15.7. The molecule has 0 bridgehead atoms. The Morgan fingerprint density at radius 1 is 0.885 bits per heavy atom. The molecule has 2 unspecified atom stereocenters. The van der Waals surface area contributed by atoms with Gasteiger partial charge in [0.25, 0.3) is 5.91 Å². The van der Waals surface area contributed by atoms with Crippen molar-refractivity contribution in [3.05, 3.63) is 53.1 Å². The largest absolute Gasteiger partial charge is 0.497 e. The van der Waals surface area contributed by atoms with Crippen LogP contribution in [0.5, 0.6) is 5.75 Å². The predicted molar refractivity (Wildman–Crippen MR) is 196 cm³/mol. The summed E-state index contributed by atoms with van der Waals surface area (Å²) in [5, 5.41) is 0.305. The zero-order valence-electron chi connectivity index (χ0n) is 30.5. The van der Waals surface area contributed by atoms with Crippen molar-refractivity contribution in [1.82, 2.24) is 19.1 Å². The van der Waals surface area contributed by atoms with Crippen LogP contribution >= 0.6 is 0 Å². The van der Waals surface area contributed by atoms with Crippen molar-refractivity contribution in [3.8, 4) is 17.0 Å². The predicted octanol–water partition coefficient (Wildman–Crippen LogP) is 6.01. The second-order valence-corrected chi connectivity index (χ2v) is 19.1. The monoisotopic (exact) mass is 728 g/mol. The highest BCUT2D eigenvalue weighted by atomic mass is 32.2. The van der Waals surface area contributed by atoms with Crippen molar-refractivity contribution < 1.29 is 32.3 Å². The maximum Gasteiger partial charge on any atom is 0.409 e. The van der Waals surface area contributed by atoms with Crippen LogP contribution < -0.4 is 9.46 Å². The maximum absolute atomic E-state index is 15.2. The second kappa shape index (κ2) is 11.5. The lowest BCUT2D eigenvalue weighted by atomic mass is 9.53. The maximum atomic E-state index is 15.2. The minimum absolute atomic E-state index is 0.00147. The summed E-state index contributed by atoms with van der Waals surface area (Å²) < 4.78 is 40.9. The molecule has 3 amide bonds. The molecule has 12 heteroatoms. The Morgan fingerprint density at radius 2 is 1.58 bits per heavy atom. The Balaban J connectivity index is 1.17. The van der Waals surface area contributed by atoms with Gasteiger partial charge in [-0.25, -0.2) is 17.9 Å². The average molecular weight is 729 g/mol. The highest BCUT2D eigenvalue weighted by Gasteiger charge is 2.72. The first-order valence-corrected chi connectivity index (χ1v) is 20.4. The van der Waals surface area contributed by atoms with Crippen molar-refractivity contribution >= 4 is 38.8 Å². The molecule has 3 saturated carbocycles. The minimum atomic E-state index is -3.83. The van der Waals surface area contributed by atoms with Gasteiger partial charge in [0, 0.05) is 71.5 Å². The van der Waals surface area contributed by atoms with Gasteiger partial charge in [-0.3, -0.25) is 9.59 Å². The summed E-state index contributed by atoms with van der Waals surface area (Å²) >= 11 is 0. The van der Waals surface area contributed by atoms with Crippen LogP contribution in [-0.2, 0) is 26.1 Å². The van der Waals surface area contributed by atoms with E-state index in [9.17, 15) is 18.0 Å². The molecule has 4 heterocycles. The molecule has 3 aromatic rings. The summed E-state index contributed by atoms with van der Waals surface area (Å²) in [6, 6.07) is 11.8. The molecule has 0 radical (unpaired) electrons. The molecule has 276 valence electrons. The minimum Gasteiger partial charge on any atom is -0.497 e. The van der Waals surface area contributed by atoms with Crippen LogP contribution in [0.2, 0.25) is 0 Å². The van der Waals surface area contributed by atoms with Gasteiger partial charge in [-0.1, -0.05) is 25.3 Å². The van der Waals surface area contributed by atoms with Crippen LogP contribution in [0.1, 0.15) is 98.5 Å². The molecule has 52 heavy (non-hydrogen) atoms. The normalized spacial score (nSPS) is 29.0. The lowest BCUT2D eigenvalue weighted by Crippen LogP contribution is -2.49. The van der Waals surface area contributed by atoms with E-state index < -0.39 is 26.6 Å². The fourth-order valence-electron chi connectivity index (χ4n) is 10.9. The number of carbonyl (C=O) groups is 3. The van der Waals surface area contributed by atoms with Crippen molar-refractivity contribution in [1.29, 1.82) is 0 Å². The van der Waals surface area contributed by atoms with E-state index in [1.807, 2.05) is 23.1 Å². The number of hydrogen-bond donors (Lipinski definition) is 1. The van der Waals surface area contributed by atoms with E-state index in [1.165, 1.54) is 19.1 Å². The molecule has 9 rings (SSSR count). The van der Waals surface area contributed by atoms with Gasteiger partial charge in [-0.15, -0.1) is 0 Å². The van der Waals surface area contributed by atoms with Crippen LogP contribution in [-0.4, -0.2) is 86.3 Å². The van der Waals surface area contributed by atoms with Gasteiger partial charge in [0.05, 0.1) is 30.6 Å². The number of nitrogens with zero attached hydrogens (tertiary/aromatic N) is 3. The van der Waals surface area contributed by atoms with Crippen LogP contribution in [0.3, 0.4) is 0 Å². The van der Waals surface area contributed by atoms with Crippen molar-refractivity contribution in [3.63, 3.8) is 0 Å². The van der Waals surface area contributed by atoms with Crippen molar-refractivity contribution in [2.45, 2.75) is 88.8 Å². The summed E-state index contributed by atoms with van der Waals surface area (Å²) in [4.78, 5) is 45.1. The number of nitrogens with one attached hydrogen (secondary N) is 1. The summed E-state index contributed by atoms with van der Waals surface area (Å²) in [5.41, 5.74) is 4.86. The van der Waals surface area contributed by atoms with E-state index in [0.717, 1.165) is 72.0 Å². The van der Waals surface area contributed by atoms with Gasteiger partial charge in [0.1, 0.15) is 5.75 Å². The highest BCUT2D eigenvalue weighted by molar-refractivity contribution is 7.90. The quantitative estimate of drug-likeness (QED) is 0.330. The Hall–Kier alpha value is -4.06. The van der Waals surface area contributed by atoms with E-state index in [4.69, 9.17) is 9.47 Å². The summed E-state index contributed by atoms with van der Waals surface area (Å²) in [5.74, 6) is 0.598. The van der Waals surface area contributed by atoms with E-state index in [-0.39, 0.29) is 34.3 Å². The number of rotatable bonds is 6. The number of hydrogen-bond acceptors (Lipinski definition) is 7. The third kappa shape index (κ3) is 4.67. The second-order valence-electron chi connectivity index (χ2n) is 16.9. The Kier molecular flexibility index (Phi) is 7.44. The van der Waals surface area contributed by atoms with Crippen LogP contribution in [0.25, 0.3) is 22.2 Å². The van der Waals surface area contributed by atoms with Gasteiger partial charge < -0.3 is 23.8 Å². The number of aromatic nitrogens is 1. The Bertz CT molecular complexity index is 2130. The number of benzene rings is 2. The molecule has 5 fully saturated rings. The average Bonchev–Trinajstić information content (AvgIpc) is 3.68. The van der Waals surface area contributed by atoms with Gasteiger partial charge in [-0.05, 0) is 93.3 Å². The first-order valence-electron chi connectivity index (χ1n) is 18.9. The van der Waals surface area contributed by atoms with Crippen LogP contribution in [0.15, 0.2) is 36.4 Å². The molecule has 3 aliphatic carbocycles. The summed E-state index contributed by atoms with van der Waals surface area (Å²) in [6.45, 7) is 6.07. The molecule has 2 aromatic carbocycles. The van der Waals surface area contributed by atoms with Crippen LogP contribution in [0, 0.1) is 16.2 Å². The lowest BCUT2D eigenvalue weighted by Gasteiger charge is -2.48. The molecule has 4 atom stereocenters. The smallest absolute Gasteiger partial charge is 0.409 e. The van der Waals surface area contributed by atoms with Crippen LogP contribution in [0.4, 0.5) is 4.79 Å². The van der Waals surface area contributed by atoms with E-state index in [0.29, 0.717) is 45.1 Å². The first-order chi connectivity index (χ1) is 24.9. The molecular formula is C40H48N4O7S. The first kappa shape index (κ1) is 33.8. The van der Waals surface area contributed by atoms with E-state index >= 15 is 4.79 Å². The van der Waals surface area contributed by atoms with Gasteiger partial charge in [0.15, 0.2) is 0 Å². The topological polar surface area (TPSA) is 127 Å². The van der Waals surface area contributed by atoms with E-state index in [1.54, 1.807) is 27.0 Å². The zero-order valence-corrected chi connectivity index (χ0v) is 31.3. The number of likely N-dealkylation sites (tertiary alicyclic amines) is 2. The molecule has 6 aliphatic rings. The Morgan fingerprint density at radius 3 is 2.21 bits per heavy atom. The third-order valence-electron chi connectivity index (χ3n) is 14.0. The number of amides is 3. The van der Waals surface area contributed by atoms with Crippen molar-refractivity contribution in [2.24, 2.45) is 16.2 Å². The molecule has 2 saturated heterocycles. The van der Waals surface area contributed by atoms with Gasteiger partial charge in [0.2, 0.25) is 15.9 Å². The molecule has 1 N–H and O–H groups in total. The summed E-state index contributed by atoms with van der Waals surface area (Å²) in [7, 11) is -0.729. The van der Waals surface area contributed by atoms with Crippen molar-refractivity contribution in [2.75, 3.05) is 40.4 Å². The Labute approximate surface area is 305 Å². The van der Waals surface area contributed by atoms with Gasteiger partial charge in [-0.2, -0.15) is 0 Å². The molecule has 0 spiro atoms.